The Bertz CT molecular complexity index is 1600. The number of aromatic nitrogens is 5. The molecular formula is C24H18N8O5. The highest BCUT2D eigenvalue weighted by Gasteiger charge is 2.45. The molecule has 13 nitrogen and oxygen atoms in total. The van der Waals surface area contributed by atoms with Crippen LogP contribution in [0, 0.1) is 0 Å². The number of benzene rings is 1. The zero-order valence-electron chi connectivity index (χ0n) is 19.1. The summed E-state index contributed by atoms with van der Waals surface area (Å²) in [6.07, 6.45) is 5.29. The summed E-state index contributed by atoms with van der Waals surface area (Å²) < 4.78 is 3.17. The van der Waals surface area contributed by atoms with Crippen LogP contribution in [-0.2, 0) is 20.9 Å². The number of anilines is 1. The Morgan fingerprint density at radius 2 is 1.89 bits per heavy atom. The van der Waals surface area contributed by atoms with Crippen LogP contribution in [0.3, 0.4) is 0 Å². The predicted octanol–water partition coefficient (Wildman–Crippen LogP) is 0.633. The minimum Gasteiger partial charge on any atom is -0.324 e. The minimum atomic E-state index is -1.10. The van der Waals surface area contributed by atoms with Crippen molar-refractivity contribution in [2.75, 3.05) is 5.32 Å². The number of nitrogens with one attached hydrogen (secondary N) is 2. The molecule has 2 aliphatic heterocycles. The molecule has 37 heavy (non-hydrogen) atoms. The fourth-order valence-corrected chi connectivity index (χ4v) is 4.51. The molecule has 0 bridgehead atoms. The van der Waals surface area contributed by atoms with Crippen LogP contribution in [0.4, 0.5) is 5.69 Å². The molecule has 6 rings (SSSR count). The van der Waals surface area contributed by atoms with Crippen molar-refractivity contribution < 1.29 is 24.0 Å². The number of amides is 5. The first-order valence-electron chi connectivity index (χ1n) is 11.4. The van der Waals surface area contributed by atoms with Crippen LogP contribution < -0.4 is 10.6 Å². The number of rotatable bonds is 5. The van der Waals surface area contributed by atoms with E-state index in [9.17, 15) is 24.0 Å². The molecule has 2 N–H and O–H groups in total. The molecule has 5 heterocycles. The smallest absolute Gasteiger partial charge is 0.264 e. The highest BCUT2D eigenvalue weighted by molar-refractivity contribution is 6.26. The van der Waals surface area contributed by atoms with Gasteiger partial charge in [-0.25, -0.2) is 9.67 Å². The molecule has 0 spiro atoms. The van der Waals surface area contributed by atoms with Crippen LogP contribution >= 0.6 is 0 Å². The number of carbonyl (C=O) groups excluding carboxylic acids is 5. The van der Waals surface area contributed by atoms with Crippen molar-refractivity contribution >= 4 is 40.9 Å². The van der Waals surface area contributed by atoms with Crippen molar-refractivity contribution in [2.45, 2.75) is 25.4 Å². The lowest BCUT2D eigenvalue weighted by Crippen LogP contribution is -2.54. The second-order valence-corrected chi connectivity index (χ2v) is 8.62. The Hall–Kier alpha value is -5.20. The summed E-state index contributed by atoms with van der Waals surface area (Å²) in [5.74, 6) is -3.02. The van der Waals surface area contributed by atoms with Crippen LogP contribution in [0.1, 0.15) is 33.6 Å². The van der Waals surface area contributed by atoms with Crippen LogP contribution in [0.15, 0.2) is 55.0 Å². The van der Waals surface area contributed by atoms with Gasteiger partial charge in [0.2, 0.25) is 17.7 Å². The average molecular weight is 498 g/mol. The molecule has 2 aliphatic rings. The van der Waals surface area contributed by atoms with E-state index in [1.54, 1.807) is 12.4 Å². The van der Waals surface area contributed by atoms with Crippen LogP contribution in [-0.4, -0.2) is 64.9 Å². The van der Waals surface area contributed by atoms with Gasteiger partial charge < -0.3 is 9.72 Å². The summed E-state index contributed by atoms with van der Waals surface area (Å²) in [7, 11) is 0. The Kier molecular flexibility index (Phi) is 5.10. The van der Waals surface area contributed by atoms with Crippen molar-refractivity contribution in [3.63, 3.8) is 0 Å². The third kappa shape index (κ3) is 3.82. The van der Waals surface area contributed by atoms with Gasteiger partial charge in [0.05, 0.1) is 23.0 Å². The number of pyridine rings is 1. The fourth-order valence-electron chi connectivity index (χ4n) is 4.51. The SMILES string of the molecule is O=C1CCC(N2C(=O)c3cccc(NC(=O)Cn4cc(-c5cn6ccccc6n5)nn4)c3C2=O)C(=O)N1. The third-order valence-corrected chi connectivity index (χ3v) is 6.21. The maximum absolute atomic E-state index is 13.2. The molecule has 1 fully saturated rings. The lowest BCUT2D eigenvalue weighted by atomic mass is 10.0. The third-order valence-electron chi connectivity index (χ3n) is 6.21. The van der Waals surface area contributed by atoms with E-state index in [4.69, 9.17) is 0 Å². The zero-order chi connectivity index (χ0) is 25.7. The van der Waals surface area contributed by atoms with E-state index in [-0.39, 0.29) is 36.2 Å². The van der Waals surface area contributed by atoms with Gasteiger partial charge in [0.1, 0.15) is 29.6 Å². The number of carbonyl (C=O) groups is 5. The molecule has 0 aliphatic carbocycles. The Balaban J connectivity index is 1.19. The van der Waals surface area contributed by atoms with Gasteiger partial charge in [0, 0.05) is 18.8 Å². The molecule has 1 aromatic carbocycles. The molecule has 0 radical (unpaired) electrons. The second-order valence-electron chi connectivity index (χ2n) is 8.62. The van der Waals surface area contributed by atoms with E-state index in [1.807, 2.05) is 28.8 Å². The van der Waals surface area contributed by atoms with Crippen LogP contribution in [0.25, 0.3) is 17.0 Å². The van der Waals surface area contributed by atoms with Crippen molar-refractivity contribution in [2.24, 2.45) is 0 Å². The largest absolute Gasteiger partial charge is 0.324 e. The normalized spacial score (nSPS) is 17.3. The van der Waals surface area contributed by atoms with Gasteiger partial charge in [-0.15, -0.1) is 5.10 Å². The molecule has 13 heteroatoms. The Morgan fingerprint density at radius 3 is 2.70 bits per heavy atom. The van der Waals surface area contributed by atoms with Crippen LogP contribution in [0.2, 0.25) is 0 Å². The summed E-state index contributed by atoms with van der Waals surface area (Å²) >= 11 is 0. The van der Waals surface area contributed by atoms with E-state index in [0.29, 0.717) is 11.4 Å². The van der Waals surface area contributed by atoms with Gasteiger partial charge in [0.25, 0.3) is 11.8 Å². The lowest BCUT2D eigenvalue weighted by molar-refractivity contribution is -0.136. The van der Waals surface area contributed by atoms with E-state index in [2.05, 4.69) is 25.9 Å². The summed E-state index contributed by atoms with van der Waals surface area (Å²) in [5.41, 5.74) is 2.02. The highest BCUT2D eigenvalue weighted by atomic mass is 16.2. The fraction of sp³-hybridized carbons (Fsp3) is 0.167. The summed E-state index contributed by atoms with van der Waals surface area (Å²) in [5, 5.41) is 12.9. The second kappa shape index (κ2) is 8.48. The molecule has 1 saturated heterocycles. The predicted molar refractivity (Wildman–Crippen MR) is 126 cm³/mol. The average Bonchev–Trinajstić information content (AvgIpc) is 3.57. The van der Waals surface area contributed by atoms with Gasteiger partial charge in [-0.05, 0) is 30.7 Å². The zero-order valence-corrected chi connectivity index (χ0v) is 19.1. The summed E-state index contributed by atoms with van der Waals surface area (Å²) in [6.45, 7) is -0.205. The first-order chi connectivity index (χ1) is 17.9. The minimum absolute atomic E-state index is 0.00507. The van der Waals surface area contributed by atoms with Crippen molar-refractivity contribution in [3.8, 4) is 11.4 Å². The van der Waals surface area contributed by atoms with Crippen molar-refractivity contribution in [1.82, 2.24) is 34.6 Å². The van der Waals surface area contributed by atoms with E-state index < -0.39 is 35.6 Å². The highest BCUT2D eigenvalue weighted by Crippen LogP contribution is 2.32. The van der Waals surface area contributed by atoms with Gasteiger partial charge in [0.15, 0.2) is 0 Å². The molecule has 1 unspecified atom stereocenters. The topological polar surface area (TPSA) is 161 Å². The summed E-state index contributed by atoms with van der Waals surface area (Å²) in [6, 6.07) is 8.99. The molecule has 3 aromatic heterocycles. The standard InChI is InChI=1S/C24H18N8O5/c33-19-8-7-17(22(35)27-19)32-23(36)13-4-3-5-14(21(13)24(32)37)26-20(34)12-31-11-16(28-29-31)15-10-30-9-2-1-6-18(30)25-15/h1-6,9-11,17H,7-8,12H2,(H,26,34)(H,27,33,35). The van der Waals surface area contributed by atoms with Crippen molar-refractivity contribution in [3.05, 3.63) is 66.1 Å². The number of hydrogen-bond acceptors (Lipinski definition) is 8. The molecule has 1 atom stereocenters. The number of imide groups is 2. The first kappa shape index (κ1) is 22.3. The number of piperidine rings is 1. The molecule has 4 aromatic rings. The summed E-state index contributed by atoms with van der Waals surface area (Å²) in [4.78, 5) is 68.0. The first-order valence-corrected chi connectivity index (χ1v) is 11.4. The van der Waals surface area contributed by atoms with Gasteiger partial charge in [-0.3, -0.25) is 34.2 Å². The molecular weight excluding hydrogens is 480 g/mol. The van der Waals surface area contributed by atoms with Crippen molar-refractivity contribution in [1.29, 1.82) is 0 Å². The van der Waals surface area contributed by atoms with Gasteiger partial charge in [-0.1, -0.05) is 17.3 Å². The lowest BCUT2D eigenvalue weighted by Gasteiger charge is -2.27. The monoisotopic (exact) mass is 498 g/mol. The molecule has 184 valence electrons. The van der Waals surface area contributed by atoms with Gasteiger partial charge in [-0.2, -0.15) is 0 Å². The number of imidazole rings is 1. The maximum atomic E-state index is 13.2. The van der Waals surface area contributed by atoms with Gasteiger partial charge >= 0.3 is 0 Å². The Morgan fingerprint density at radius 1 is 1.03 bits per heavy atom. The quantitative estimate of drug-likeness (QED) is 0.379. The molecule has 0 saturated carbocycles. The number of hydrogen-bond donors (Lipinski definition) is 2. The van der Waals surface area contributed by atoms with E-state index in [0.717, 1.165) is 10.5 Å². The Labute approximate surface area is 208 Å². The van der Waals surface area contributed by atoms with E-state index >= 15 is 0 Å². The van der Waals surface area contributed by atoms with E-state index in [1.165, 1.54) is 22.9 Å². The number of nitrogens with zero attached hydrogens (tertiary/aromatic N) is 6. The maximum Gasteiger partial charge on any atom is 0.264 e. The molecule has 5 amide bonds. The van der Waals surface area contributed by atoms with Crippen LogP contribution in [0.5, 0.6) is 0 Å². The number of fused-ring (bicyclic) bond motifs is 2.